The van der Waals surface area contributed by atoms with Crippen LogP contribution in [0.15, 0.2) is 35.7 Å². The molecule has 0 aliphatic heterocycles. The minimum absolute atomic E-state index is 0.0368. The number of hydrogen-bond acceptors (Lipinski definition) is 5. The lowest BCUT2D eigenvalue weighted by molar-refractivity contribution is -0.119. The van der Waals surface area contributed by atoms with Crippen LogP contribution in [0.5, 0.6) is 0 Å². The summed E-state index contributed by atoms with van der Waals surface area (Å²) < 4.78 is 1.85. The molecule has 1 fully saturated rings. The fourth-order valence-corrected chi connectivity index (χ4v) is 3.77. The molecule has 1 aliphatic carbocycles. The summed E-state index contributed by atoms with van der Waals surface area (Å²) in [6, 6.07) is 7.46. The predicted molar refractivity (Wildman–Crippen MR) is 88.8 cm³/mol. The molecule has 3 rings (SSSR count). The maximum Gasteiger partial charge on any atom is 0.221 e. The van der Waals surface area contributed by atoms with Crippen LogP contribution in [0.4, 0.5) is 5.69 Å². The molecule has 2 aromatic rings. The fourth-order valence-electron chi connectivity index (χ4n) is 2.62. The fraction of sp³-hybridized carbons (Fsp3) is 0.375. The van der Waals surface area contributed by atoms with Crippen molar-refractivity contribution in [3.8, 4) is 5.69 Å². The van der Waals surface area contributed by atoms with E-state index in [1.54, 1.807) is 6.33 Å². The van der Waals surface area contributed by atoms with Gasteiger partial charge >= 0.3 is 0 Å². The number of aromatic nitrogens is 3. The number of nitrogens with zero attached hydrogens (tertiary/aromatic N) is 3. The highest BCUT2D eigenvalue weighted by molar-refractivity contribution is 8.00. The molecule has 1 atom stereocenters. The molecule has 6 nitrogen and oxygen atoms in total. The Hall–Kier alpha value is -2.15. The average molecular weight is 330 g/mol. The molecule has 0 saturated heterocycles. The first-order valence-corrected chi connectivity index (χ1v) is 8.49. The zero-order valence-electron chi connectivity index (χ0n) is 12.9. The maximum atomic E-state index is 12.0. The van der Waals surface area contributed by atoms with Gasteiger partial charge in [0.15, 0.2) is 5.16 Å². The van der Waals surface area contributed by atoms with Gasteiger partial charge < -0.3 is 5.32 Å². The molecule has 1 amide bonds. The number of benzene rings is 1. The summed E-state index contributed by atoms with van der Waals surface area (Å²) in [5.74, 6) is 0.177. The number of carbonyl (C=O) groups is 2. The minimum Gasteiger partial charge on any atom is -0.326 e. The molecule has 1 aromatic carbocycles. The Balaban J connectivity index is 1.83. The third-order valence-electron chi connectivity index (χ3n) is 3.71. The van der Waals surface area contributed by atoms with E-state index < -0.39 is 0 Å². The van der Waals surface area contributed by atoms with Gasteiger partial charge in [-0.25, -0.2) is 0 Å². The molecule has 0 radical (unpaired) electrons. The Morgan fingerprint density at radius 2 is 2.26 bits per heavy atom. The normalized spacial score (nSPS) is 18.0. The summed E-state index contributed by atoms with van der Waals surface area (Å²) in [5, 5.41) is 11.5. The highest BCUT2D eigenvalue weighted by atomic mass is 32.2. The highest BCUT2D eigenvalue weighted by Crippen LogP contribution is 2.31. The van der Waals surface area contributed by atoms with Crippen LogP contribution >= 0.6 is 11.8 Å². The van der Waals surface area contributed by atoms with Crippen molar-refractivity contribution >= 4 is 29.1 Å². The second-order valence-electron chi connectivity index (χ2n) is 5.53. The Labute approximate surface area is 138 Å². The van der Waals surface area contributed by atoms with Crippen LogP contribution in [-0.2, 0) is 9.59 Å². The Bertz CT molecular complexity index is 728. The van der Waals surface area contributed by atoms with Gasteiger partial charge in [0.25, 0.3) is 0 Å². The summed E-state index contributed by atoms with van der Waals surface area (Å²) in [6.45, 7) is 1.47. The first-order valence-electron chi connectivity index (χ1n) is 7.61. The molecule has 1 N–H and O–H groups in total. The number of carbonyl (C=O) groups excluding carboxylic acids is 2. The summed E-state index contributed by atoms with van der Waals surface area (Å²) in [7, 11) is 0. The predicted octanol–water partition coefficient (Wildman–Crippen LogP) is 2.83. The lowest BCUT2D eigenvalue weighted by Crippen LogP contribution is -2.21. The van der Waals surface area contributed by atoms with Crippen molar-refractivity contribution in [1.29, 1.82) is 0 Å². The third kappa shape index (κ3) is 3.79. The second-order valence-corrected chi connectivity index (χ2v) is 6.70. The number of Topliss-reactive ketones (excluding diaryl/α,β-unsaturated/α-hetero) is 1. The molecule has 0 spiro atoms. The van der Waals surface area contributed by atoms with Crippen LogP contribution in [0.1, 0.15) is 32.6 Å². The molecule has 1 saturated carbocycles. The molecule has 1 aliphatic rings. The average Bonchev–Trinajstić information content (AvgIpc) is 2.97. The second kappa shape index (κ2) is 6.95. The molecule has 1 heterocycles. The van der Waals surface area contributed by atoms with Crippen molar-refractivity contribution in [3.05, 3.63) is 30.6 Å². The van der Waals surface area contributed by atoms with Crippen molar-refractivity contribution in [3.63, 3.8) is 0 Å². The number of thioether (sulfide) groups is 1. The van der Waals surface area contributed by atoms with E-state index in [9.17, 15) is 9.59 Å². The van der Waals surface area contributed by atoms with Crippen LogP contribution in [0, 0.1) is 0 Å². The lowest BCUT2D eigenvalue weighted by atomic mass is 9.99. The molecule has 120 valence electrons. The van der Waals surface area contributed by atoms with E-state index >= 15 is 0 Å². The van der Waals surface area contributed by atoms with E-state index in [2.05, 4.69) is 15.5 Å². The first kappa shape index (κ1) is 15.7. The van der Waals surface area contributed by atoms with Crippen molar-refractivity contribution in [2.24, 2.45) is 0 Å². The zero-order chi connectivity index (χ0) is 16.2. The SMILES string of the molecule is CC(=O)Nc1cccc(-n2cnnc2S[C@H]2CCCCC2=O)c1. The molecular weight excluding hydrogens is 312 g/mol. The monoisotopic (exact) mass is 330 g/mol. The van der Waals surface area contributed by atoms with Crippen LogP contribution in [-0.4, -0.2) is 31.7 Å². The summed E-state index contributed by atoms with van der Waals surface area (Å²) >= 11 is 1.47. The van der Waals surface area contributed by atoms with E-state index in [1.165, 1.54) is 18.7 Å². The van der Waals surface area contributed by atoms with Gasteiger partial charge in [-0.05, 0) is 31.0 Å². The van der Waals surface area contributed by atoms with E-state index in [0.717, 1.165) is 24.9 Å². The first-order chi connectivity index (χ1) is 11.1. The topological polar surface area (TPSA) is 76.9 Å². The van der Waals surface area contributed by atoms with Crippen LogP contribution in [0.3, 0.4) is 0 Å². The molecule has 0 unspecified atom stereocenters. The smallest absolute Gasteiger partial charge is 0.221 e. The number of nitrogens with one attached hydrogen (secondary N) is 1. The van der Waals surface area contributed by atoms with Crippen molar-refractivity contribution in [1.82, 2.24) is 14.8 Å². The summed E-state index contributed by atoms with van der Waals surface area (Å²) in [5.41, 5.74) is 1.57. The zero-order valence-corrected chi connectivity index (χ0v) is 13.7. The molecule has 7 heteroatoms. The van der Waals surface area contributed by atoms with Gasteiger partial charge in [0.2, 0.25) is 5.91 Å². The molecular formula is C16H18N4O2S. The van der Waals surface area contributed by atoms with Gasteiger partial charge in [0.1, 0.15) is 12.1 Å². The maximum absolute atomic E-state index is 12.0. The quantitative estimate of drug-likeness (QED) is 0.933. The van der Waals surface area contributed by atoms with Crippen LogP contribution in [0.25, 0.3) is 5.69 Å². The highest BCUT2D eigenvalue weighted by Gasteiger charge is 2.25. The van der Waals surface area contributed by atoms with Crippen molar-refractivity contribution < 1.29 is 9.59 Å². The van der Waals surface area contributed by atoms with Gasteiger partial charge in [0.05, 0.1) is 10.9 Å². The van der Waals surface area contributed by atoms with Gasteiger partial charge in [-0.1, -0.05) is 24.2 Å². The largest absolute Gasteiger partial charge is 0.326 e. The molecule has 1 aromatic heterocycles. The van der Waals surface area contributed by atoms with Gasteiger partial charge in [0, 0.05) is 19.0 Å². The van der Waals surface area contributed by atoms with Crippen molar-refractivity contribution in [2.45, 2.75) is 43.0 Å². The van der Waals surface area contributed by atoms with E-state index in [0.29, 0.717) is 23.0 Å². The summed E-state index contributed by atoms with van der Waals surface area (Å²) in [4.78, 5) is 23.2. The molecule has 23 heavy (non-hydrogen) atoms. The third-order valence-corrected chi connectivity index (χ3v) is 4.98. The van der Waals surface area contributed by atoms with E-state index in [1.807, 2.05) is 28.8 Å². The van der Waals surface area contributed by atoms with Crippen molar-refractivity contribution in [2.75, 3.05) is 5.32 Å². The van der Waals surface area contributed by atoms with Crippen LogP contribution < -0.4 is 5.32 Å². The number of ketones is 1. The number of rotatable bonds is 4. The lowest BCUT2D eigenvalue weighted by Gasteiger charge is -2.19. The molecule has 0 bridgehead atoms. The van der Waals surface area contributed by atoms with E-state index in [4.69, 9.17) is 0 Å². The Morgan fingerprint density at radius 1 is 1.39 bits per heavy atom. The Morgan fingerprint density at radius 3 is 3.04 bits per heavy atom. The van der Waals surface area contributed by atoms with E-state index in [-0.39, 0.29) is 11.2 Å². The van der Waals surface area contributed by atoms with Gasteiger partial charge in [-0.3, -0.25) is 14.2 Å². The summed E-state index contributed by atoms with van der Waals surface area (Å²) in [6.07, 6.45) is 5.24. The standard InChI is InChI=1S/C16H18N4O2S/c1-11(21)18-12-5-4-6-13(9-12)20-10-17-19-16(20)23-15-8-3-2-7-14(15)22/h4-6,9-10,15H,2-3,7-8H2,1H3,(H,18,21)/t15-/m0/s1. The number of anilines is 1. The number of hydrogen-bond donors (Lipinski definition) is 1. The van der Waals surface area contributed by atoms with Crippen LogP contribution in [0.2, 0.25) is 0 Å². The number of amides is 1. The van der Waals surface area contributed by atoms with Gasteiger partial charge in [-0.15, -0.1) is 10.2 Å². The Kier molecular flexibility index (Phi) is 4.76. The minimum atomic E-state index is -0.117. The van der Waals surface area contributed by atoms with Gasteiger partial charge in [-0.2, -0.15) is 0 Å².